The van der Waals surface area contributed by atoms with Crippen LogP contribution in [0.15, 0.2) is 66.7 Å². The number of nitrogens with two attached hydrogens (primary N) is 2. The standard InChI is InChI=1S/C24H27FN4O2/c25-19-10-7-16(8-11-19)14-21(27)23(30)29-22(6-3-13-26)24(31)28-20-12-9-17-4-1-2-5-18(17)15-20/h1-2,4-5,7-12,15,21-22H,3,6,13-14,26-27H2,(H,28,31)(H,29,30)/t21-,22-/m0/s1. The van der Waals surface area contributed by atoms with Gasteiger partial charge < -0.3 is 22.1 Å². The van der Waals surface area contributed by atoms with Crippen LogP contribution >= 0.6 is 0 Å². The first kappa shape index (κ1) is 22.4. The molecule has 31 heavy (non-hydrogen) atoms. The van der Waals surface area contributed by atoms with Gasteiger partial charge in [-0.05, 0) is 66.4 Å². The van der Waals surface area contributed by atoms with Crippen LogP contribution in [0.25, 0.3) is 10.8 Å². The molecular formula is C24H27FN4O2. The van der Waals surface area contributed by atoms with Gasteiger partial charge in [0.05, 0.1) is 6.04 Å². The van der Waals surface area contributed by atoms with E-state index in [2.05, 4.69) is 10.6 Å². The fourth-order valence-electron chi connectivity index (χ4n) is 3.33. The second-order valence-electron chi connectivity index (χ2n) is 7.48. The summed E-state index contributed by atoms with van der Waals surface area (Å²) in [6.45, 7) is 0.400. The lowest BCUT2D eigenvalue weighted by Gasteiger charge is -2.21. The number of benzene rings is 3. The minimum Gasteiger partial charge on any atom is -0.343 e. The SMILES string of the molecule is NCCC[C@H](NC(=O)[C@@H](N)Cc1ccc(F)cc1)C(=O)Nc1ccc2ccccc2c1. The van der Waals surface area contributed by atoms with Crippen molar-refractivity contribution < 1.29 is 14.0 Å². The largest absolute Gasteiger partial charge is 0.343 e. The average Bonchev–Trinajstić information content (AvgIpc) is 2.77. The van der Waals surface area contributed by atoms with Crippen molar-refractivity contribution in [2.24, 2.45) is 11.5 Å². The van der Waals surface area contributed by atoms with Gasteiger partial charge in [0.15, 0.2) is 0 Å². The molecule has 3 rings (SSSR count). The summed E-state index contributed by atoms with van der Waals surface area (Å²) in [4.78, 5) is 25.5. The number of halogens is 1. The van der Waals surface area contributed by atoms with Crippen LogP contribution in [0.3, 0.4) is 0 Å². The third kappa shape index (κ3) is 6.34. The van der Waals surface area contributed by atoms with Crippen LogP contribution < -0.4 is 22.1 Å². The summed E-state index contributed by atoms with van der Waals surface area (Å²) in [6.07, 6.45) is 1.20. The summed E-state index contributed by atoms with van der Waals surface area (Å²) in [7, 11) is 0. The first-order chi connectivity index (χ1) is 15.0. The number of hydrogen-bond acceptors (Lipinski definition) is 4. The van der Waals surface area contributed by atoms with E-state index in [-0.39, 0.29) is 18.1 Å². The van der Waals surface area contributed by atoms with Crippen LogP contribution in [0, 0.1) is 5.82 Å². The lowest BCUT2D eigenvalue weighted by atomic mass is 10.0. The summed E-state index contributed by atoms with van der Waals surface area (Å²) in [5.74, 6) is -1.12. The Morgan fingerprint density at radius 3 is 2.35 bits per heavy atom. The number of rotatable bonds is 9. The Balaban J connectivity index is 1.65. The Morgan fingerprint density at radius 2 is 1.65 bits per heavy atom. The summed E-state index contributed by atoms with van der Waals surface area (Å²) >= 11 is 0. The van der Waals surface area contributed by atoms with E-state index in [1.165, 1.54) is 12.1 Å². The second kappa shape index (κ2) is 10.7. The van der Waals surface area contributed by atoms with Crippen molar-refractivity contribution in [1.29, 1.82) is 0 Å². The second-order valence-corrected chi connectivity index (χ2v) is 7.48. The van der Waals surface area contributed by atoms with E-state index in [4.69, 9.17) is 11.5 Å². The summed E-state index contributed by atoms with van der Waals surface area (Å²) in [5, 5.41) is 7.67. The maximum Gasteiger partial charge on any atom is 0.246 e. The van der Waals surface area contributed by atoms with Gasteiger partial charge in [0.25, 0.3) is 0 Å². The molecular weight excluding hydrogens is 395 g/mol. The highest BCUT2D eigenvalue weighted by Crippen LogP contribution is 2.19. The van der Waals surface area contributed by atoms with Crippen molar-refractivity contribution in [3.63, 3.8) is 0 Å². The third-order valence-corrected chi connectivity index (χ3v) is 5.05. The predicted octanol–water partition coefficient (Wildman–Crippen LogP) is 2.71. The minimum absolute atomic E-state index is 0.238. The van der Waals surface area contributed by atoms with Crippen molar-refractivity contribution in [3.05, 3.63) is 78.1 Å². The smallest absolute Gasteiger partial charge is 0.246 e. The molecule has 0 heterocycles. The van der Waals surface area contributed by atoms with Gasteiger partial charge in [-0.3, -0.25) is 9.59 Å². The van der Waals surface area contributed by atoms with E-state index in [9.17, 15) is 14.0 Å². The zero-order valence-corrected chi connectivity index (χ0v) is 17.2. The fraction of sp³-hybridized carbons (Fsp3) is 0.250. The highest BCUT2D eigenvalue weighted by molar-refractivity contribution is 5.99. The number of hydrogen-bond donors (Lipinski definition) is 4. The summed E-state index contributed by atoms with van der Waals surface area (Å²) in [6, 6.07) is 17.7. The van der Waals surface area contributed by atoms with Crippen LogP contribution in [0.5, 0.6) is 0 Å². The van der Waals surface area contributed by atoms with E-state index in [1.807, 2.05) is 42.5 Å². The van der Waals surface area contributed by atoms with E-state index in [0.717, 1.165) is 16.3 Å². The lowest BCUT2D eigenvalue weighted by Crippen LogP contribution is -2.50. The molecule has 6 N–H and O–H groups in total. The van der Waals surface area contributed by atoms with E-state index in [1.54, 1.807) is 12.1 Å². The van der Waals surface area contributed by atoms with Crippen molar-refractivity contribution in [1.82, 2.24) is 5.32 Å². The van der Waals surface area contributed by atoms with Gasteiger partial charge in [-0.25, -0.2) is 4.39 Å². The molecule has 3 aromatic rings. The molecule has 2 atom stereocenters. The zero-order valence-electron chi connectivity index (χ0n) is 17.2. The van der Waals surface area contributed by atoms with E-state index >= 15 is 0 Å². The van der Waals surface area contributed by atoms with Gasteiger partial charge >= 0.3 is 0 Å². The lowest BCUT2D eigenvalue weighted by molar-refractivity contribution is -0.127. The van der Waals surface area contributed by atoms with Crippen molar-refractivity contribution >= 4 is 28.3 Å². The molecule has 0 aliphatic heterocycles. The van der Waals surface area contributed by atoms with Gasteiger partial charge in [0.1, 0.15) is 11.9 Å². The first-order valence-electron chi connectivity index (χ1n) is 10.3. The third-order valence-electron chi connectivity index (χ3n) is 5.05. The van der Waals surface area contributed by atoms with Crippen LogP contribution in [0.2, 0.25) is 0 Å². The molecule has 0 bridgehead atoms. The van der Waals surface area contributed by atoms with Gasteiger partial charge in [-0.15, -0.1) is 0 Å². The van der Waals surface area contributed by atoms with Crippen LogP contribution in [-0.2, 0) is 16.0 Å². The Labute approximate surface area is 180 Å². The monoisotopic (exact) mass is 422 g/mol. The molecule has 2 amide bonds. The van der Waals surface area contributed by atoms with E-state index < -0.39 is 18.0 Å². The minimum atomic E-state index is -0.862. The summed E-state index contributed by atoms with van der Waals surface area (Å²) < 4.78 is 13.1. The first-order valence-corrected chi connectivity index (χ1v) is 10.3. The number of fused-ring (bicyclic) bond motifs is 1. The molecule has 0 aliphatic carbocycles. The van der Waals surface area contributed by atoms with Crippen LogP contribution in [0.4, 0.5) is 10.1 Å². The molecule has 6 nitrogen and oxygen atoms in total. The van der Waals surface area contributed by atoms with Crippen LogP contribution in [-0.4, -0.2) is 30.4 Å². The van der Waals surface area contributed by atoms with E-state index in [0.29, 0.717) is 25.1 Å². The highest BCUT2D eigenvalue weighted by Gasteiger charge is 2.24. The van der Waals surface area contributed by atoms with Crippen molar-refractivity contribution in [2.45, 2.75) is 31.3 Å². The average molecular weight is 423 g/mol. The Morgan fingerprint density at radius 1 is 0.935 bits per heavy atom. The Kier molecular flexibility index (Phi) is 7.70. The summed E-state index contributed by atoms with van der Waals surface area (Å²) in [5.41, 5.74) is 13.0. The molecule has 162 valence electrons. The van der Waals surface area contributed by atoms with Gasteiger partial charge in [0, 0.05) is 5.69 Å². The number of anilines is 1. The Hall–Kier alpha value is -3.29. The molecule has 0 fully saturated rings. The molecule has 0 radical (unpaired) electrons. The maximum atomic E-state index is 13.1. The molecule has 0 aliphatic rings. The molecule has 0 unspecified atom stereocenters. The zero-order chi connectivity index (χ0) is 22.2. The predicted molar refractivity (Wildman–Crippen MR) is 121 cm³/mol. The number of carbonyl (C=O) groups is 2. The molecule has 0 aromatic heterocycles. The Bertz CT molecular complexity index is 1040. The highest BCUT2D eigenvalue weighted by atomic mass is 19.1. The van der Waals surface area contributed by atoms with Gasteiger partial charge in [-0.1, -0.05) is 42.5 Å². The fourth-order valence-corrected chi connectivity index (χ4v) is 3.33. The molecule has 3 aromatic carbocycles. The number of carbonyl (C=O) groups excluding carboxylic acids is 2. The van der Waals surface area contributed by atoms with Gasteiger partial charge in [-0.2, -0.15) is 0 Å². The number of nitrogens with one attached hydrogen (secondary N) is 2. The molecule has 0 spiro atoms. The molecule has 7 heteroatoms. The topological polar surface area (TPSA) is 110 Å². The van der Waals surface area contributed by atoms with Gasteiger partial charge in [0.2, 0.25) is 11.8 Å². The quantitative estimate of drug-likeness (QED) is 0.425. The van der Waals surface area contributed by atoms with Crippen molar-refractivity contribution in [3.8, 4) is 0 Å². The molecule has 0 saturated heterocycles. The normalized spacial score (nSPS) is 12.9. The molecule has 0 saturated carbocycles. The van der Waals surface area contributed by atoms with Crippen LogP contribution in [0.1, 0.15) is 18.4 Å². The van der Waals surface area contributed by atoms with Crippen molar-refractivity contribution in [2.75, 3.05) is 11.9 Å². The maximum absolute atomic E-state index is 13.1. The number of amides is 2.